The third-order valence-electron chi connectivity index (χ3n) is 3.72. The second kappa shape index (κ2) is 7.14. The summed E-state index contributed by atoms with van der Waals surface area (Å²) in [4.78, 5) is 15.1. The normalized spacial score (nSPS) is 13.6. The molecule has 0 unspecified atom stereocenters. The van der Waals surface area contributed by atoms with E-state index in [0.29, 0.717) is 12.3 Å². The molecule has 2 rings (SSSR count). The quantitative estimate of drug-likeness (QED) is 0.819. The highest BCUT2D eigenvalue weighted by Crippen LogP contribution is 2.27. The fraction of sp³-hybridized carbons (Fsp3) is 0.562. The molecule has 20 heavy (non-hydrogen) atoms. The number of amides is 1. The Morgan fingerprint density at radius 2 is 2.10 bits per heavy atom. The van der Waals surface area contributed by atoms with Crippen LogP contribution in [-0.4, -0.2) is 40.9 Å². The number of carbonyl (C=O) groups is 1. The van der Waals surface area contributed by atoms with Crippen LogP contribution in [-0.2, 0) is 17.6 Å². The fourth-order valence-corrected chi connectivity index (χ4v) is 3.49. The third-order valence-corrected chi connectivity index (χ3v) is 4.70. The van der Waals surface area contributed by atoms with Gasteiger partial charge in [-0.3, -0.25) is 4.79 Å². The maximum atomic E-state index is 12.2. The van der Waals surface area contributed by atoms with Crippen molar-refractivity contribution in [2.45, 2.75) is 44.0 Å². The first-order valence-electron chi connectivity index (χ1n) is 7.26. The Hall–Kier alpha value is -1.00. The number of hydrogen-bond acceptors (Lipinski definition) is 3. The topological polar surface area (TPSA) is 40.5 Å². The molecule has 0 saturated carbocycles. The minimum absolute atomic E-state index is 0.0213. The summed E-state index contributed by atoms with van der Waals surface area (Å²) in [6.45, 7) is 4.40. The molecule has 0 atom stereocenters. The van der Waals surface area contributed by atoms with Gasteiger partial charge in [0.15, 0.2) is 0 Å². The van der Waals surface area contributed by atoms with Crippen molar-refractivity contribution in [2.75, 3.05) is 18.9 Å². The van der Waals surface area contributed by atoms with Crippen LogP contribution < -0.4 is 0 Å². The van der Waals surface area contributed by atoms with Crippen molar-refractivity contribution < 1.29 is 9.90 Å². The predicted molar refractivity (Wildman–Crippen MR) is 83.1 cm³/mol. The van der Waals surface area contributed by atoms with E-state index < -0.39 is 0 Å². The van der Waals surface area contributed by atoms with Crippen LogP contribution in [0.15, 0.2) is 23.1 Å². The molecule has 0 aliphatic heterocycles. The zero-order chi connectivity index (χ0) is 14.5. The summed E-state index contributed by atoms with van der Waals surface area (Å²) in [5.41, 5.74) is 2.91. The van der Waals surface area contributed by atoms with Crippen molar-refractivity contribution >= 4 is 17.7 Å². The predicted octanol–water partition coefficient (Wildman–Crippen LogP) is 2.50. The molecule has 0 saturated heterocycles. The summed E-state index contributed by atoms with van der Waals surface area (Å²) in [6, 6.07) is 6.68. The molecule has 0 bridgehead atoms. The third kappa shape index (κ3) is 3.76. The number of nitrogens with zero attached hydrogens (tertiary/aromatic N) is 1. The van der Waals surface area contributed by atoms with Crippen molar-refractivity contribution in [1.82, 2.24) is 4.90 Å². The highest BCUT2D eigenvalue weighted by molar-refractivity contribution is 8.00. The Bertz CT molecular complexity index is 474. The van der Waals surface area contributed by atoms with Crippen LogP contribution in [0.4, 0.5) is 0 Å². The average Bonchev–Trinajstić information content (AvgIpc) is 2.89. The van der Waals surface area contributed by atoms with E-state index in [1.165, 1.54) is 35.3 Å². The summed E-state index contributed by atoms with van der Waals surface area (Å²) in [7, 11) is 0. The Balaban J connectivity index is 1.92. The first-order valence-corrected chi connectivity index (χ1v) is 8.25. The zero-order valence-corrected chi connectivity index (χ0v) is 13.1. The largest absolute Gasteiger partial charge is 0.395 e. The zero-order valence-electron chi connectivity index (χ0n) is 12.3. The molecule has 110 valence electrons. The van der Waals surface area contributed by atoms with E-state index in [4.69, 9.17) is 5.11 Å². The SMILES string of the molecule is CC(C)N(CCO)C(=O)CSc1ccc2c(c1)CCC2. The Morgan fingerprint density at radius 3 is 2.80 bits per heavy atom. The van der Waals surface area contributed by atoms with Crippen LogP contribution in [0.1, 0.15) is 31.4 Å². The lowest BCUT2D eigenvalue weighted by molar-refractivity contribution is -0.130. The minimum atomic E-state index is 0.0213. The second-order valence-corrected chi connectivity index (χ2v) is 6.53. The average molecular weight is 293 g/mol. The number of thioether (sulfide) groups is 1. The standard InChI is InChI=1S/C16H23NO2S/c1-12(2)17(8-9-18)16(19)11-20-15-7-6-13-4-3-5-14(13)10-15/h6-7,10,12,18H,3-5,8-9,11H2,1-2H3. The van der Waals surface area contributed by atoms with E-state index in [-0.39, 0.29) is 18.6 Å². The molecule has 1 aliphatic carbocycles. The van der Waals surface area contributed by atoms with Crippen LogP contribution >= 0.6 is 11.8 Å². The van der Waals surface area contributed by atoms with Crippen LogP contribution in [0.3, 0.4) is 0 Å². The Labute approximate surface area is 125 Å². The summed E-state index contributed by atoms with van der Waals surface area (Å²) in [5.74, 6) is 0.538. The second-order valence-electron chi connectivity index (χ2n) is 5.48. The number of aliphatic hydroxyl groups excluding tert-OH is 1. The van der Waals surface area contributed by atoms with E-state index >= 15 is 0 Å². The molecule has 0 heterocycles. The summed E-state index contributed by atoms with van der Waals surface area (Å²) < 4.78 is 0. The van der Waals surface area contributed by atoms with Crippen LogP contribution in [0.2, 0.25) is 0 Å². The summed E-state index contributed by atoms with van der Waals surface area (Å²) >= 11 is 1.59. The number of aliphatic hydroxyl groups is 1. The number of hydrogen-bond donors (Lipinski definition) is 1. The van der Waals surface area contributed by atoms with Gasteiger partial charge in [-0.15, -0.1) is 11.8 Å². The summed E-state index contributed by atoms with van der Waals surface area (Å²) in [5, 5.41) is 9.02. The van der Waals surface area contributed by atoms with Gasteiger partial charge in [-0.1, -0.05) is 6.07 Å². The van der Waals surface area contributed by atoms with Gasteiger partial charge in [0.2, 0.25) is 5.91 Å². The van der Waals surface area contributed by atoms with E-state index in [0.717, 1.165) is 0 Å². The first-order chi connectivity index (χ1) is 9.61. The van der Waals surface area contributed by atoms with Gasteiger partial charge in [0, 0.05) is 17.5 Å². The van der Waals surface area contributed by atoms with Gasteiger partial charge >= 0.3 is 0 Å². The van der Waals surface area contributed by atoms with Gasteiger partial charge in [0.05, 0.1) is 12.4 Å². The maximum absolute atomic E-state index is 12.2. The van der Waals surface area contributed by atoms with Crippen molar-refractivity contribution in [2.24, 2.45) is 0 Å². The Kier molecular flexibility index (Phi) is 5.49. The van der Waals surface area contributed by atoms with Gasteiger partial charge in [-0.05, 0) is 56.4 Å². The number of benzene rings is 1. The minimum Gasteiger partial charge on any atom is -0.395 e. The molecule has 1 N–H and O–H groups in total. The van der Waals surface area contributed by atoms with Crippen LogP contribution in [0.25, 0.3) is 0 Å². The van der Waals surface area contributed by atoms with Gasteiger partial charge in [-0.25, -0.2) is 0 Å². The first kappa shape index (κ1) is 15.4. The maximum Gasteiger partial charge on any atom is 0.233 e. The van der Waals surface area contributed by atoms with Crippen LogP contribution in [0, 0.1) is 0 Å². The van der Waals surface area contributed by atoms with Crippen molar-refractivity contribution in [3.63, 3.8) is 0 Å². The molecule has 3 nitrogen and oxygen atoms in total. The van der Waals surface area contributed by atoms with E-state index in [9.17, 15) is 4.79 Å². The monoisotopic (exact) mass is 293 g/mol. The van der Waals surface area contributed by atoms with E-state index in [1.807, 2.05) is 13.8 Å². The molecular weight excluding hydrogens is 270 g/mol. The molecule has 0 aromatic heterocycles. The molecule has 0 radical (unpaired) electrons. The molecule has 1 aromatic carbocycles. The Morgan fingerprint density at radius 1 is 1.35 bits per heavy atom. The van der Waals surface area contributed by atoms with E-state index in [2.05, 4.69) is 18.2 Å². The molecule has 4 heteroatoms. The van der Waals surface area contributed by atoms with Crippen molar-refractivity contribution in [1.29, 1.82) is 0 Å². The molecule has 1 amide bonds. The van der Waals surface area contributed by atoms with Gasteiger partial charge in [0.1, 0.15) is 0 Å². The lowest BCUT2D eigenvalue weighted by Gasteiger charge is -2.25. The van der Waals surface area contributed by atoms with Crippen molar-refractivity contribution in [3.05, 3.63) is 29.3 Å². The molecule has 1 aliphatic rings. The molecule has 0 spiro atoms. The number of aryl methyl sites for hydroxylation is 2. The van der Waals surface area contributed by atoms with Gasteiger partial charge in [0.25, 0.3) is 0 Å². The fourth-order valence-electron chi connectivity index (χ4n) is 2.64. The van der Waals surface area contributed by atoms with Crippen molar-refractivity contribution in [3.8, 4) is 0 Å². The highest BCUT2D eigenvalue weighted by Gasteiger charge is 2.17. The van der Waals surface area contributed by atoms with Gasteiger partial charge < -0.3 is 10.0 Å². The van der Waals surface area contributed by atoms with E-state index in [1.54, 1.807) is 16.7 Å². The highest BCUT2D eigenvalue weighted by atomic mass is 32.2. The summed E-state index contributed by atoms with van der Waals surface area (Å²) in [6.07, 6.45) is 3.61. The molecular formula is C16H23NO2S. The van der Waals surface area contributed by atoms with Crippen LogP contribution in [0.5, 0.6) is 0 Å². The molecule has 1 aromatic rings. The lowest BCUT2D eigenvalue weighted by atomic mass is 10.1. The molecule has 0 fully saturated rings. The number of fused-ring (bicyclic) bond motifs is 1. The number of carbonyl (C=O) groups excluding carboxylic acids is 1. The smallest absolute Gasteiger partial charge is 0.233 e. The van der Waals surface area contributed by atoms with Gasteiger partial charge in [-0.2, -0.15) is 0 Å². The lowest BCUT2D eigenvalue weighted by Crippen LogP contribution is -2.40. The number of rotatable bonds is 6.